The fourth-order valence-electron chi connectivity index (χ4n) is 1.69. The van der Waals surface area contributed by atoms with Gasteiger partial charge in [-0.2, -0.15) is 0 Å². The molecule has 0 unspecified atom stereocenters. The second kappa shape index (κ2) is 6.52. The second-order valence-corrected chi connectivity index (χ2v) is 3.87. The Balaban J connectivity index is 2.02. The lowest BCUT2D eigenvalue weighted by Crippen LogP contribution is -1.85. The quantitative estimate of drug-likeness (QED) is 0.641. The standard InChI is InChI=1S/C12H20N2/c1-2-3-4-5-6-7-8-11-9-10-14-12(11)13/h9-10,14H,2-8H2,1H3. The molecule has 0 fully saturated rings. The Bertz CT molecular complexity index is 240. The number of hydrogen-bond donors (Lipinski definition) is 1. The van der Waals surface area contributed by atoms with Gasteiger partial charge in [0, 0.05) is 6.20 Å². The molecule has 2 heteroatoms. The molecule has 0 saturated heterocycles. The van der Waals surface area contributed by atoms with Crippen molar-refractivity contribution in [2.75, 3.05) is 0 Å². The Morgan fingerprint density at radius 2 is 1.86 bits per heavy atom. The zero-order valence-corrected chi connectivity index (χ0v) is 9.05. The number of nitrogens with zero attached hydrogens (tertiary/aromatic N) is 1. The third kappa shape index (κ3) is 3.86. The Labute approximate surface area is 86.9 Å². The molecule has 2 radical (unpaired) electrons. The van der Waals surface area contributed by atoms with Gasteiger partial charge in [0.15, 0.2) is 5.82 Å². The molecule has 2 nitrogen and oxygen atoms in total. The summed E-state index contributed by atoms with van der Waals surface area (Å²) in [4.78, 5) is 2.79. The van der Waals surface area contributed by atoms with Crippen LogP contribution in [-0.2, 0) is 6.42 Å². The Morgan fingerprint density at radius 1 is 1.14 bits per heavy atom. The Hall–Kier alpha value is -0.920. The molecule has 0 aliphatic rings. The van der Waals surface area contributed by atoms with Crippen LogP contribution in [0.1, 0.15) is 51.0 Å². The first-order valence-electron chi connectivity index (χ1n) is 5.69. The average molecular weight is 192 g/mol. The van der Waals surface area contributed by atoms with E-state index in [0.717, 1.165) is 12.0 Å². The summed E-state index contributed by atoms with van der Waals surface area (Å²) in [5.41, 5.74) is 10.4. The van der Waals surface area contributed by atoms with Gasteiger partial charge >= 0.3 is 0 Å². The highest BCUT2D eigenvalue weighted by molar-refractivity contribution is 5.35. The molecule has 0 aliphatic heterocycles. The van der Waals surface area contributed by atoms with Gasteiger partial charge in [0.25, 0.3) is 0 Å². The van der Waals surface area contributed by atoms with Gasteiger partial charge in [-0.05, 0) is 24.5 Å². The van der Waals surface area contributed by atoms with Crippen molar-refractivity contribution < 1.29 is 0 Å². The van der Waals surface area contributed by atoms with Crippen molar-refractivity contribution in [2.24, 2.45) is 0 Å². The smallest absolute Gasteiger partial charge is 0.155 e. The van der Waals surface area contributed by atoms with Crippen molar-refractivity contribution in [1.82, 2.24) is 10.7 Å². The predicted molar refractivity (Wildman–Crippen MR) is 59.7 cm³/mol. The van der Waals surface area contributed by atoms with Crippen molar-refractivity contribution in [3.05, 3.63) is 17.8 Å². The highest BCUT2D eigenvalue weighted by atomic mass is 14.8. The van der Waals surface area contributed by atoms with Crippen LogP contribution in [0.15, 0.2) is 12.3 Å². The fourth-order valence-corrected chi connectivity index (χ4v) is 1.69. The van der Waals surface area contributed by atoms with Gasteiger partial charge in [0.1, 0.15) is 0 Å². The van der Waals surface area contributed by atoms with E-state index in [0.29, 0.717) is 5.82 Å². The lowest BCUT2D eigenvalue weighted by molar-refractivity contribution is 0.608. The topological polar surface area (TPSA) is 38.1 Å². The molecular formula is C12H20N2. The highest BCUT2D eigenvalue weighted by Crippen LogP contribution is 2.14. The van der Waals surface area contributed by atoms with Gasteiger partial charge in [-0.1, -0.05) is 39.0 Å². The number of aryl methyl sites for hydroxylation is 1. The van der Waals surface area contributed by atoms with E-state index in [1.165, 1.54) is 38.5 Å². The van der Waals surface area contributed by atoms with E-state index in [1.807, 2.05) is 6.07 Å². The maximum absolute atomic E-state index is 9.34. The summed E-state index contributed by atoms with van der Waals surface area (Å²) in [6.07, 6.45) is 10.6. The number of nitrogens with one attached hydrogen (secondary N) is 1. The first kappa shape index (κ1) is 11.2. The van der Waals surface area contributed by atoms with Gasteiger partial charge in [-0.25, -0.2) is 0 Å². The van der Waals surface area contributed by atoms with Gasteiger partial charge in [-0.15, -0.1) is 5.73 Å². The van der Waals surface area contributed by atoms with Gasteiger partial charge in [-0.3, -0.25) is 0 Å². The Morgan fingerprint density at radius 3 is 2.50 bits per heavy atom. The summed E-state index contributed by atoms with van der Waals surface area (Å²) in [6, 6.07) is 1.96. The molecule has 1 N–H and O–H groups in total. The Kier molecular flexibility index (Phi) is 5.20. The number of unbranched alkanes of at least 4 members (excludes halogenated alkanes) is 5. The number of aromatic nitrogens is 1. The number of H-pyrrole nitrogens is 1. The first-order valence-corrected chi connectivity index (χ1v) is 5.69. The molecule has 0 amide bonds. The second-order valence-electron chi connectivity index (χ2n) is 3.87. The summed E-state index contributed by atoms with van der Waals surface area (Å²) >= 11 is 0. The van der Waals surface area contributed by atoms with Crippen molar-refractivity contribution in [2.45, 2.75) is 51.9 Å². The van der Waals surface area contributed by atoms with Gasteiger partial charge in [0.05, 0.1) is 0 Å². The highest BCUT2D eigenvalue weighted by Gasteiger charge is 2.00. The third-order valence-corrected chi connectivity index (χ3v) is 2.61. The van der Waals surface area contributed by atoms with Crippen molar-refractivity contribution in [3.8, 4) is 0 Å². The van der Waals surface area contributed by atoms with Gasteiger partial charge in [0.2, 0.25) is 0 Å². The van der Waals surface area contributed by atoms with Crippen LogP contribution in [0.2, 0.25) is 0 Å². The SMILES string of the molecule is CCCCCCCCc1cc[nH]c1[N]. The van der Waals surface area contributed by atoms with Crippen LogP contribution in [0.25, 0.3) is 0 Å². The van der Waals surface area contributed by atoms with Crippen molar-refractivity contribution >= 4 is 5.82 Å². The minimum atomic E-state index is 0.346. The van der Waals surface area contributed by atoms with Crippen molar-refractivity contribution in [1.29, 1.82) is 0 Å². The maximum Gasteiger partial charge on any atom is 0.155 e. The van der Waals surface area contributed by atoms with E-state index in [2.05, 4.69) is 11.9 Å². The van der Waals surface area contributed by atoms with Gasteiger partial charge < -0.3 is 4.98 Å². The van der Waals surface area contributed by atoms with Crippen LogP contribution < -0.4 is 5.73 Å². The van der Waals surface area contributed by atoms with E-state index in [-0.39, 0.29) is 0 Å². The molecule has 0 aliphatic carbocycles. The van der Waals surface area contributed by atoms with E-state index < -0.39 is 0 Å². The molecule has 14 heavy (non-hydrogen) atoms. The normalized spacial score (nSPS) is 10.6. The number of rotatable bonds is 7. The molecule has 1 rings (SSSR count). The number of hydrogen-bond acceptors (Lipinski definition) is 0. The van der Waals surface area contributed by atoms with E-state index in [4.69, 9.17) is 0 Å². The molecule has 78 valence electrons. The molecule has 1 aromatic rings. The zero-order valence-electron chi connectivity index (χ0n) is 9.05. The first-order chi connectivity index (χ1) is 6.84. The molecule has 0 saturated carbocycles. The van der Waals surface area contributed by atoms with Crippen molar-refractivity contribution in [3.63, 3.8) is 0 Å². The molecular weight excluding hydrogens is 172 g/mol. The fraction of sp³-hybridized carbons (Fsp3) is 0.667. The predicted octanol–water partition coefficient (Wildman–Crippen LogP) is 3.62. The molecule has 0 spiro atoms. The number of aromatic amines is 1. The summed E-state index contributed by atoms with van der Waals surface area (Å²) < 4.78 is 0. The molecule has 0 aromatic carbocycles. The largest absolute Gasteiger partial charge is 0.345 e. The maximum atomic E-state index is 9.34. The molecule has 1 heterocycles. The summed E-state index contributed by atoms with van der Waals surface area (Å²) in [6.45, 7) is 2.23. The minimum Gasteiger partial charge on any atom is -0.345 e. The summed E-state index contributed by atoms with van der Waals surface area (Å²) in [5.74, 6) is 0.346. The van der Waals surface area contributed by atoms with E-state index >= 15 is 0 Å². The van der Waals surface area contributed by atoms with Crippen LogP contribution in [0, 0.1) is 0 Å². The van der Waals surface area contributed by atoms with Crippen LogP contribution in [0.3, 0.4) is 0 Å². The van der Waals surface area contributed by atoms with E-state index in [9.17, 15) is 5.73 Å². The lowest BCUT2D eigenvalue weighted by atomic mass is 10.1. The van der Waals surface area contributed by atoms with E-state index in [1.54, 1.807) is 6.20 Å². The third-order valence-electron chi connectivity index (χ3n) is 2.61. The lowest BCUT2D eigenvalue weighted by Gasteiger charge is -1.99. The zero-order chi connectivity index (χ0) is 10.2. The van der Waals surface area contributed by atoms with Crippen LogP contribution >= 0.6 is 0 Å². The summed E-state index contributed by atoms with van der Waals surface area (Å²) in [7, 11) is 0. The summed E-state index contributed by atoms with van der Waals surface area (Å²) in [5, 5.41) is 0. The van der Waals surface area contributed by atoms with Crippen LogP contribution in [0.4, 0.5) is 5.82 Å². The molecule has 1 aromatic heterocycles. The monoisotopic (exact) mass is 192 g/mol. The van der Waals surface area contributed by atoms with Crippen LogP contribution in [-0.4, -0.2) is 4.98 Å². The molecule has 0 bridgehead atoms. The molecule has 0 atom stereocenters. The van der Waals surface area contributed by atoms with Crippen LogP contribution in [0.5, 0.6) is 0 Å². The minimum absolute atomic E-state index is 0.346. The average Bonchev–Trinajstić information content (AvgIpc) is 2.58.